The summed E-state index contributed by atoms with van der Waals surface area (Å²) in [5.41, 5.74) is 0.141. The number of esters is 1. The number of fused-ring (bicyclic) bond motifs is 5. The molecule has 5 nitrogen and oxygen atoms in total. The Kier molecular flexibility index (Phi) is 6.57. The third-order valence-electron chi connectivity index (χ3n) is 10.9. The van der Waals surface area contributed by atoms with Gasteiger partial charge in [0.05, 0.1) is 19.3 Å². The number of Topliss-reactive ketones (excluding diaryl/α,β-unsaturated/α-hetero) is 1. The minimum atomic E-state index is -0.664. The van der Waals surface area contributed by atoms with Crippen LogP contribution in [-0.4, -0.2) is 41.3 Å². The van der Waals surface area contributed by atoms with Crippen molar-refractivity contribution in [1.82, 2.24) is 0 Å². The topological polar surface area (TPSA) is 83.8 Å². The fourth-order valence-corrected chi connectivity index (χ4v) is 9.26. The molecule has 0 aromatic heterocycles. The van der Waals surface area contributed by atoms with Crippen LogP contribution in [0.3, 0.4) is 0 Å². The molecule has 11 atom stereocenters. The second-order valence-corrected chi connectivity index (χ2v) is 12.3. The minimum absolute atomic E-state index is 0.0232. The van der Waals surface area contributed by atoms with E-state index in [-0.39, 0.29) is 46.4 Å². The first kappa shape index (κ1) is 24.2. The van der Waals surface area contributed by atoms with E-state index in [2.05, 4.69) is 20.8 Å². The van der Waals surface area contributed by atoms with Crippen LogP contribution in [0.25, 0.3) is 0 Å². The van der Waals surface area contributed by atoms with E-state index in [0.29, 0.717) is 36.5 Å². The quantitative estimate of drug-likeness (QED) is 0.610. The summed E-state index contributed by atoms with van der Waals surface area (Å²) in [5, 5.41) is 21.1. The number of ether oxygens (including phenoxy) is 1. The van der Waals surface area contributed by atoms with Crippen molar-refractivity contribution in [2.24, 2.45) is 52.3 Å². The summed E-state index contributed by atoms with van der Waals surface area (Å²) >= 11 is 0. The van der Waals surface area contributed by atoms with Crippen LogP contribution >= 0.6 is 0 Å². The van der Waals surface area contributed by atoms with Gasteiger partial charge in [0.1, 0.15) is 5.78 Å². The first-order valence-electron chi connectivity index (χ1n) is 13.0. The highest BCUT2D eigenvalue weighted by Gasteiger charge is 2.65. The highest BCUT2D eigenvalue weighted by molar-refractivity contribution is 5.86. The van der Waals surface area contributed by atoms with Crippen LogP contribution in [0.4, 0.5) is 0 Å². The molecule has 5 heteroatoms. The first-order chi connectivity index (χ1) is 15.0. The molecule has 5 unspecified atom stereocenters. The molecular weight excluding hydrogens is 404 g/mol. The summed E-state index contributed by atoms with van der Waals surface area (Å²) in [5.74, 6) is 1.59. The van der Waals surface area contributed by atoms with Gasteiger partial charge in [-0.15, -0.1) is 0 Å². The van der Waals surface area contributed by atoms with Crippen LogP contribution in [0, 0.1) is 52.3 Å². The molecule has 4 saturated carbocycles. The van der Waals surface area contributed by atoms with Crippen LogP contribution in [0.5, 0.6) is 0 Å². The summed E-state index contributed by atoms with van der Waals surface area (Å²) < 4.78 is 4.86. The molecule has 0 bridgehead atoms. The van der Waals surface area contributed by atoms with Gasteiger partial charge in [-0.2, -0.15) is 0 Å². The van der Waals surface area contributed by atoms with Gasteiger partial charge >= 0.3 is 5.97 Å². The van der Waals surface area contributed by atoms with E-state index in [1.807, 2.05) is 0 Å². The van der Waals surface area contributed by atoms with Crippen molar-refractivity contribution in [3.8, 4) is 0 Å². The normalized spacial score (nSPS) is 47.7. The molecule has 0 saturated heterocycles. The van der Waals surface area contributed by atoms with E-state index in [9.17, 15) is 19.8 Å². The molecule has 4 aliphatic carbocycles. The van der Waals surface area contributed by atoms with Gasteiger partial charge in [0.15, 0.2) is 0 Å². The van der Waals surface area contributed by atoms with Gasteiger partial charge in [0.2, 0.25) is 0 Å². The molecule has 0 amide bonds. The fourth-order valence-electron chi connectivity index (χ4n) is 9.26. The van der Waals surface area contributed by atoms with Crippen LogP contribution in [-0.2, 0) is 14.3 Å². The lowest BCUT2D eigenvalue weighted by molar-refractivity contribution is -0.181. The van der Waals surface area contributed by atoms with Crippen molar-refractivity contribution >= 4 is 11.8 Å². The highest BCUT2D eigenvalue weighted by Crippen LogP contribution is 2.68. The van der Waals surface area contributed by atoms with Crippen molar-refractivity contribution in [3.05, 3.63) is 0 Å². The predicted molar refractivity (Wildman–Crippen MR) is 123 cm³/mol. The van der Waals surface area contributed by atoms with Gasteiger partial charge in [0, 0.05) is 18.3 Å². The molecule has 0 aromatic rings. The summed E-state index contributed by atoms with van der Waals surface area (Å²) in [6, 6.07) is 0. The van der Waals surface area contributed by atoms with Crippen molar-refractivity contribution < 1.29 is 24.5 Å². The molecule has 4 fully saturated rings. The fraction of sp³-hybridized carbons (Fsp3) is 0.926. The third kappa shape index (κ3) is 3.66. The van der Waals surface area contributed by atoms with Crippen LogP contribution in [0.15, 0.2) is 0 Å². The Hall–Kier alpha value is -0.940. The van der Waals surface area contributed by atoms with Gasteiger partial charge in [-0.3, -0.25) is 9.59 Å². The van der Waals surface area contributed by atoms with Crippen molar-refractivity contribution in [1.29, 1.82) is 0 Å². The van der Waals surface area contributed by atoms with Crippen molar-refractivity contribution in [2.45, 2.75) is 97.7 Å². The number of carbonyl (C=O) groups is 2. The molecule has 2 N–H and O–H groups in total. The number of rotatable bonds is 5. The number of hydrogen-bond acceptors (Lipinski definition) is 5. The zero-order chi connectivity index (χ0) is 23.4. The lowest BCUT2D eigenvalue weighted by atomic mass is 9.41. The van der Waals surface area contributed by atoms with E-state index < -0.39 is 6.10 Å². The number of aliphatic hydroxyl groups is 2. The van der Waals surface area contributed by atoms with Crippen LogP contribution < -0.4 is 0 Å². The Labute approximate surface area is 193 Å². The van der Waals surface area contributed by atoms with Crippen LogP contribution in [0.2, 0.25) is 0 Å². The zero-order valence-electron chi connectivity index (χ0n) is 20.7. The number of carbonyl (C=O) groups excluding carboxylic acids is 2. The second-order valence-electron chi connectivity index (χ2n) is 12.3. The molecule has 0 aliphatic heterocycles. The van der Waals surface area contributed by atoms with E-state index in [0.717, 1.165) is 44.9 Å². The lowest BCUT2D eigenvalue weighted by Gasteiger charge is -2.62. The maximum atomic E-state index is 14.0. The maximum Gasteiger partial charge on any atom is 0.305 e. The Morgan fingerprint density at radius 2 is 1.72 bits per heavy atom. The molecule has 0 spiro atoms. The van der Waals surface area contributed by atoms with E-state index >= 15 is 0 Å². The summed E-state index contributed by atoms with van der Waals surface area (Å²) in [4.78, 5) is 25.7. The lowest BCUT2D eigenvalue weighted by Crippen LogP contribution is -2.62. The molecule has 4 rings (SSSR count). The Bertz CT molecular complexity index is 734. The number of ketones is 1. The Morgan fingerprint density at radius 3 is 2.38 bits per heavy atom. The van der Waals surface area contributed by atoms with E-state index in [1.165, 1.54) is 7.11 Å². The average molecular weight is 449 g/mol. The Morgan fingerprint density at radius 1 is 1.06 bits per heavy atom. The van der Waals surface area contributed by atoms with Gasteiger partial charge in [0.25, 0.3) is 0 Å². The summed E-state index contributed by atoms with van der Waals surface area (Å²) in [7, 11) is 1.45. The molecule has 0 heterocycles. The van der Waals surface area contributed by atoms with Gasteiger partial charge in [-0.25, -0.2) is 0 Å². The summed E-state index contributed by atoms with van der Waals surface area (Å²) in [6.45, 7) is 8.81. The third-order valence-corrected chi connectivity index (χ3v) is 10.9. The molecule has 32 heavy (non-hydrogen) atoms. The molecule has 4 aliphatic rings. The largest absolute Gasteiger partial charge is 0.469 e. The second kappa shape index (κ2) is 8.69. The Balaban J connectivity index is 1.62. The molecule has 0 radical (unpaired) electrons. The van der Waals surface area contributed by atoms with Crippen molar-refractivity contribution in [2.75, 3.05) is 7.11 Å². The maximum absolute atomic E-state index is 14.0. The minimum Gasteiger partial charge on any atom is -0.469 e. The zero-order valence-corrected chi connectivity index (χ0v) is 20.7. The number of aliphatic hydroxyl groups excluding tert-OH is 2. The molecule has 182 valence electrons. The van der Waals surface area contributed by atoms with E-state index in [1.54, 1.807) is 6.92 Å². The molecule has 0 aromatic carbocycles. The standard InChI is InChI=1S/C27H44O5/c1-15(6-9-22(30)32-5)18-7-8-19-24-20(11-13-26(18,19)3)27(4)12-10-17(29)14-21(27)23(16(2)28)25(24)31/h15-21,23-24,28-29H,6-14H2,1-5H3/t15-,16?,17-,18-,19?,20?,21+,23?,24?,26-,27-/m1/s1. The van der Waals surface area contributed by atoms with Crippen molar-refractivity contribution in [3.63, 3.8) is 0 Å². The van der Waals surface area contributed by atoms with Gasteiger partial charge in [-0.05, 0) is 98.7 Å². The number of methoxy groups -OCH3 is 1. The summed E-state index contributed by atoms with van der Waals surface area (Å²) in [6.07, 6.45) is 7.12. The highest BCUT2D eigenvalue weighted by atomic mass is 16.5. The number of hydrogen-bond donors (Lipinski definition) is 2. The monoisotopic (exact) mass is 448 g/mol. The SMILES string of the molecule is COC(=O)CC[C@@H](C)[C@H]1CCC2C3C(=O)C(C(C)O)[C@@H]4C[C@H](O)CC[C@]4(C)C3CC[C@@]21C. The van der Waals surface area contributed by atoms with Crippen LogP contribution in [0.1, 0.15) is 85.5 Å². The van der Waals surface area contributed by atoms with Gasteiger partial charge < -0.3 is 14.9 Å². The molecular formula is C27H44O5. The average Bonchev–Trinajstić information content (AvgIpc) is 3.10. The smallest absolute Gasteiger partial charge is 0.305 e. The predicted octanol–water partition coefficient (Wildman–Crippen LogP) is 4.38. The van der Waals surface area contributed by atoms with Gasteiger partial charge in [-0.1, -0.05) is 20.8 Å². The van der Waals surface area contributed by atoms with E-state index in [4.69, 9.17) is 4.74 Å². The first-order valence-corrected chi connectivity index (χ1v) is 13.0.